The second kappa shape index (κ2) is 5.81. The summed E-state index contributed by atoms with van der Waals surface area (Å²) in [5.74, 6) is -1.37. The average Bonchev–Trinajstić information content (AvgIpc) is 2.64. The SMILES string of the molecule is CCCC(NC(=O)C1CC(O)CN1)C(=O)O. The third-order valence-electron chi connectivity index (χ3n) is 2.62. The Hall–Kier alpha value is -1.14. The number of nitrogens with one attached hydrogen (secondary N) is 2. The van der Waals surface area contributed by atoms with Crippen molar-refractivity contribution in [3.05, 3.63) is 0 Å². The number of carboxylic acids is 1. The van der Waals surface area contributed by atoms with E-state index in [1.807, 2.05) is 6.92 Å². The van der Waals surface area contributed by atoms with Gasteiger partial charge in [0, 0.05) is 6.54 Å². The lowest BCUT2D eigenvalue weighted by Crippen LogP contribution is -2.48. The molecule has 0 spiro atoms. The highest BCUT2D eigenvalue weighted by Gasteiger charge is 2.30. The fourth-order valence-electron chi connectivity index (χ4n) is 1.74. The monoisotopic (exact) mass is 230 g/mol. The van der Waals surface area contributed by atoms with Crippen LogP contribution in [0.15, 0.2) is 0 Å². The quantitative estimate of drug-likeness (QED) is 0.489. The molecule has 0 aliphatic carbocycles. The summed E-state index contributed by atoms with van der Waals surface area (Å²) in [6.45, 7) is 2.24. The van der Waals surface area contributed by atoms with Crippen LogP contribution in [0, 0.1) is 0 Å². The van der Waals surface area contributed by atoms with Gasteiger partial charge < -0.3 is 20.8 Å². The highest BCUT2D eigenvalue weighted by Crippen LogP contribution is 2.07. The van der Waals surface area contributed by atoms with Gasteiger partial charge in [-0.25, -0.2) is 4.79 Å². The Morgan fingerprint density at radius 2 is 2.25 bits per heavy atom. The summed E-state index contributed by atoms with van der Waals surface area (Å²) in [5, 5.41) is 23.4. The van der Waals surface area contributed by atoms with E-state index >= 15 is 0 Å². The average molecular weight is 230 g/mol. The molecule has 6 heteroatoms. The number of rotatable bonds is 5. The largest absolute Gasteiger partial charge is 0.480 e. The van der Waals surface area contributed by atoms with Crippen LogP contribution in [-0.2, 0) is 9.59 Å². The van der Waals surface area contributed by atoms with Crippen LogP contribution in [0.4, 0.5) is 0 Å². The van der Waals surface area contributed by atoms with Crippen molar-refractivity contribution in [3.8, 4) is 0 Å². The predicted molar refractivity (Wildman–Crippen MR) is 56.9 cm³/mol. The predicted octanol–water partition coefficient (Wildman–Crippen LogP) is -0.921. The number of amides is 1. The first-order valence-corrected chi connectivity index (χ1v) is 5.49. The molecule has 0 aromatic heterocycles. The number of aliphatic hydroxyl groups excluding tert-OH is 1. The third-order valence-corrected chi connectivity index (χ3v) is 2.62. The molecular weight excluding hydrogens is 212 g/mol. The molecule has 1 fully saturated rings. The summed E-state index contributed by atoms with van der Waals surface area (Å²) in [5.41, 5.74) is 0. The Morgan fingerprint density at radius 3 is 2.69 bits per heavy atom. The van der Waals surface area contributed by atoms with E-state index in [1.54, 1.807) is 0 Å². The van der Waals surface area contributed by atoms with Gasteiger partial charge >= 0.3 is 5.97 Å². The molecule has 1 heterocycles. The molecule has 6 nitrogen and oxygen atoms in total. The van der Waals surface area contributed by atoms with Gasteiger partial charge in [0.1, 0.15) is 6.04 Å². The van der Waals surface area contributed by atoms with Crippen LogP contribution in [0.25, 0.3) is 0 Å². The van der Waals surface area contributed by atoms with Crippen LogP contribution in [0.2, 0.25) is 0 Å². The minimum Gasteiger partial charge on any atom is -0.480 e. The lowest BCUT2D eigenvalue weighted by atomic mass is 10.1. The molecule has 3 unspecified atom stereocenters. The highest BCUT2D eigenvalue weighted by atomic mass is 16.4. The minimum absolute atomic E-state index is 0.338. The number of β-amino-alcohol motifs (C(OH)–C–C–N with tert-alkyl or cyclic N) is 1. The van der Waals surface area contributed by atoms with E-state index in [1.165, 1.54) is 0 Å². The van der Waals surface area contributed by atoms with Crippen molar-refractivity contribution in [2.45, 2.75) is 44.4 Å². The fraction of sp³-hybridized carbons (Fsp3) is 0.800. The maximum absolute atomic E-state index is 11.6. The van der Waals surface area contributed by atoms with Gasteiger partial charge in [0.15, 0.2) is 0 Å². The molecule has 1 amide bonds. The molecule has 0 saturated carbocycles. The Labute approximate surface area is 94.0 Å². The standard InChI is InChI=1S/C10H18N2O4/c1-2-3-7(10(15)16)12-9(14)8-4-6(13)5-11-8/h6-8,11,13H,2-5H2,1H3,(H,12,14)(H,15,16). The molecule has 0 radical (unpaired) electrons. The summed E-state index contributed by atoms with van der Waals surface area (Å²) in [4.78, 5) is 22.5. The first-order valence-electron chi connectivity index (χ1n) is 5.49. The first kappa shape index (κ1) is 12.9. The fourth-order valence-corrected chi connectivity index (χ4v) is 1.74. The van der Waals surface area contributed by atoms with Gasteiger partial charge in [-0.2, -0.15) is 0 Å². The number of hydrogen-bond acceptors (Lipinski definition) is 4. The van der Waals surface area contributed by atoms with Gasteiger partial charge in [0.25, 0.3) is 0 Å². The lowest BCUT2D eigenvalue weighted by molar-refractivity contribution is -0.142. The number of carboxylic acid groups (broad SMARTS) is 1. The summed E-state index contributed by atoms with van der Waals surface area (Å²) < 4.78 is 0. The molecule has 1 aliphatic heterocycles. The second-order valence-corrected chi connectivity index (χ2v) is 4.04. The minimum atomic E-state index is -1.02. The molecular formula is C10H18N2O4. The molecule has 3 atom stereocenters. The van der Waals surface area contributed by atoms with Crippen LogP contribution >= 0.6 is 0 Å². The smallest absolute Gasteiger partial charge is 0.326 e. The van der Waals surface area contributed by atoms with E-state index in [4.69, 9.17) is 5.11 Å². The summed E-state index contributed by atoms with van der Waals surface area (Å²) in [6, 6.07) is -1.31. The lowest BCUT2D eigenvalue weighted by Gasteiger charge is -2.16. The van der Waals surface area contributed by atoms with Crippen molar-refractivity contribution in [2.75, 3.05) is 6.54 Å². The van der Waals surface area contributed by atoms with Crippen molar-refractivity contribution >= 4 is 11.9 Å². The van der Waals surface area contributed by atoms with Crippen molar-refractivity contribution in [2.24, 2.45) is 0 Å². The number of aliphatic hydroxyl groups is 1. The number of carbonyl (C=O) groups is 2. The number of aliphatic carboxylic acids is 1. The van der Waals surface area contributed by atoms with Crippen LogP contribution in [0.1, 0.15) is 26.2 Å². The molecule has 0 aromatic rings. The van der Waals surface area contributed by atoms with Gasteiger partial charge in [0.2, 0.25) is 5.91 Å². The van der Waals surface area contributed by atoms with Crippen molar-refractivity contribution < 1.29 is 19.8 Å². The normalized spacial score (nSPS) is 26.4. The van der Waals surface area contributed by atoms with E-state index < -0.39 is 24.2 Å². The third kappa shape index (κ3) is 3.46. The Morgan fingerprint density at radius 1 is 1.56 bits per heavy atom. The second-order valence-electron chi connectivity index (χ2n) is 4.04. The summed E-state index contributed by atoms with van der Waals surface area (Å²) in [6.07, 6.45) is 0.920. The van der Waals surface area contributed by atoms with Crippen LogP contribution in [0.5, 0.6) is 0 Å². The molecule has 4 N–H and O–H groups in total. The molecule has 0 aromatic carbocycles. The van der Waals surface area contributed by atoms with Gasteiger partial charge in [-0.1, -0.05) is 13.3 Å². The topological polar surface area (TPSA) is 98.7 Å². The van der Waals surface area contributed by atoms with Gasteiger partial charge in [-0.15, -0.1) is 0 Å². The molecule has 1 rings (SSSR count). The molecule has 92 valence electrons. The van der Waals surface area contributed by atoms with E-state index in [-0.39, 0.29) is 5.91 Å². The number of carbonyl (C=O) groups excluding carboxylic acids is 1. The van der Waals surface area contributed by atoms with Crippen LogP contribution in [0.3, 0.4) is 0 Å². The van der Waals surface area contributed by atoms with Gasteiger partial charge in [-0.3, -0.25) is 4.79 Å². The van der Waals surface area contributed by atoms with Gasteiger partial charge in [-0.05, 0) is 12.8 Å². The Balaban J connectivity index is 2.45. The first-order chi connectivity index (χ1) is 7.54. The van der Waals surface area contributed by atoms with Crippen molar-refractivity contribution in [1.29, 1.82) is 0 Å². The van der Waals surface area contributed by atoms with Crippen molar-refractivity contribution in [1.82, 2.24) is 10.6 Å². The zero-order chi connectivity index (χ0) is 12.1. The van der Waals surface area contributed by atoms with E-state index in [2.05, 4.69) is 10.6 Å². The Bertz CT molecular complexity index is 270. The van der Waals surface area contributed by atoms with Gasteiger partial charge in [0.05, 0.1) is 12.1 Å². The summed E-state index contributed by atoms with van der Waals surface area (Å²) >= 11 is 0. The zero-order valence-electron chi connectivity index (χ0n) is 9.27. The van der Waals surface area contributed by atoms with E-state index in [9.17, 15) is 14.7 Å². The zero-order valence-corrected chi connectivity index (χ0v) is 9.27. The molecule has 1 aliphatic rings. The number of hydrogen-bond donors (Lipinski definition) is 4. The van der Waals surface area contributed by atoms with Crippen LogP contribution in [-0.4, -0.2) is 46.8 Å². The maximum atomic E-state index is 11.6. The van der Waals surface area contributed by atoms with Crippen molar-refractivity contribution in [3.63, 3.8) is 0 Å². The molecule has 0 bridgehead atoms. The van der Waals surface area contributed by atoms with Crippen LogP contribution < -0.4 is 10.6 Å². The van der Waals surface area contributed by atoms with E-state index in [0.717, 1.165) is 0 Å². The maximum Gasteiger partial charge on any atom is 0.326 e. The molecule has 16 heavy (non-hydrogen) atoms. The molecule has 1 saturated heterocycles. The Kier molecular flexibility index (Phi) is 4.70. The summed E-state index contributed by atoms with van der Waals surface area (Å²) in [7, 11) is 0. The highest BCUT2D eigenvalue weighted by molar-refractivity contribution is 5.87. The van der Waals surface area contributed by atoms with E-state index in [0.29, 0.717) is 25.8 Å².